The number of fused-ring (bicyclic) bond motifs is 1. The first-order chi connectivity index (χ1) is 9.70. The third-order valence-electron chi connectivity index (χ3n) is 2.85. The average Bonchev–Trinajstić information content (AvgIpc) is 2.44. The van der Waals surface area contributed by atoms with Gasteiger partial charge in [-0.15, -0.1) is 11.8 Å². The molecule has 2 amide bonds. The van der Waals surface area contributed by atoms with Crippen molar-refractivity contribution >= 4 is 29.3 Å². The maximum absolute atomic E-state index is 11.9. The molecule has 108 valence electrons. The summed E-state index contributed by atoms with van der Waals surface area (Å²) in [5, 5.41) is 5.20. The van der Waals surface area contributed by atoms with Gasteiger partial charge in [-0.25, -0.2) is 0 Å². The van der Waals surface area contributed by atoms with Gasteiger partial charge < -0.3 is 15.4 Å². The molecule has 0 radical (unpaired) electrons. The summed E-state index contributed by atoms with van der Waals surface area (Å²) < 4.78 is 5.14. The van der Waals surface area contributed by atoms with Crippen molar-refractivity contribution in [2.75, 3.05) is 25.1 Å². The molecule has 1 aliphatic heterocycles. The Hall–Kier alpha value is -1.53. The van der Waals surface area contributed by atoms with Gasteiger partial charge in [0.1, 0.15) is 0 Å². The van der Waals surface area contributed by atoms with E-state index >= 15 is 0 Å². The number of carbonyl (C=O) groups excluding carboxylic acids is 2. The third kappa shape index (κ3) is 3.98. The van der Waals surface area contributed by atoms with E-state index in [1.54, 1.807) is 0 Å². The molecule has 0 aromatic heterocycles. The molecule has 0 aliphatic carbocycles. The van der Waals surface area contributed by atoms with Crippen LogP contribution in [-0.4, -0.2) is 36.8 Å². The first-order valence-electron chi connectivity index (χ1n) is 6.61. The van der Waals surface area contributed by atoms with Crippen LogP contribution in [0.2, 0.25) is 0 Å². The molecule has 1 unspecified atom stereocenters. The van der Waals surface area contributed by atoms with Crippen molar-refractivity contribution < 1.29 is 14.3 Å². The summed E-state index contributed by atoms with van der Waals surface area (Å²) in [7, 11) is 0. The van der Waals surface area contributed by atoms with E-state index in [1.165, 1.54) is 11.8 Å². The van der Waals surface area contributed by atoms with Crippen LogP contribution in [0.1, 0.15) is 13.3 Å². The van der Waals surface area contributed by atoms with Crippen LogP contribution in [0.15, 0.2) is 29.2 Å². The lowest BCUT2D eigenvalue weighted by atomic mass is 10.2. The van der Waals surface area contributed by atoms with E-state index in [4.69, 9.17) is 4.74 Å². The first kappa shape index (κ1) is 14.9. The number of para-hydroxylation sites is 1. The van der Waals surface area contributed by atoms with Gasteiger partial charge in [0.15, 0.2) is 0 Å². The smallest absolute Gasteiger partial charge is 0.238 e. The number of ether oxygens (including phenoxy) is 1. The van der Waals surface area contributed by atoms with E-state index in [9.17, 15) is 9.59 Å². The van der Waals surface area contributed by atoms with Gasteiger partial charge >= 0.3 is 0 Å². The van der Waals surface area contributed by atoms with Gasteiger partial charge in [0.2, 0.25) is 11.8 Å². The Balaban J connectivity index is 1.84. The standard InChI is InChI=1S/C14H18N2O3S/c1-2-19-8-7-15-13(17)9-12-14(18)16-10-5-3-4-6-11(10)20-12/h3-6,12H,2,7-9H2,1H3,(H,15,17)(H,16,18). The highest BCUT2D eigenvalue weighted by Crippen LogP contribution is 2.36. The number of benzene rings is 1. The second kappa shape index (κ2) is 7.31. The number of rotatable bonds is 6. The third-order valence-corrected chi connectivity index (χ3v) is 4.13. The lowest BCUT2D eigenvalue weighted by molar-refractivity contribution is -0.124. The molecule has 0 saturated carbocycles. The van der Waals surface area contributed by atoms with Gasteiger partial charge in [-0.05, 0) is 19.1 Å². The van der Waals surface area contributed by atoms with Crippen LogP contribution in [0.25, 0.3) is 0 Å². The van der Waals surface area contributed by atoms with Gasteiger partial charge in [-0.2, -0.15) is 0 Å². The van der Waals surface area contributed by atoms with Crippen LogP contribution in [-0.2, 0) is 14.3 Å². The SMILES string of the molecule is CCOCCNC(=O)CC1Sc2ccccc2NC1=O. The quantitative estimate of drug-likeness (QED) is 0.783. The zero-order valence-corrected chi connectivity index (χ0v) is 12.2. The Labute approximate surface area is 122 Å². The maximum Gasteiger partial charge on any atom is 0.238 e. The molecular weight excluding hydrogens is 276 g/mol. The molecule has 0 fully saturated rings. The highest BCUT2D eigenvalue weighted by Gasteiger charge is 2.28. The van der Waals surface area contributed by atoms with Crippen LogP contribution in [0, 0.1) is 0 Å². The highest BCUT2D eigenvalue weighted by molar-refractivity contribution is 8.01. The van der Waals surface area contributed by atoms with Crippen molar-refractivity contribution in [3.8, 4) is 0 Å². The normalized spacial score (nSPS) is 17.2. The molecule has 0 bridgehead atoms. The van der Waals surface area contributed by atoms with Crippen LogP contribution in [0.3, 0.4) is 0 Å². The lowest BCUT2D eigenvalue weighted by Gasteiger charge is -2.23. The molecule has 1 aliphatic rings. The van der Waals surface area contributed by atoms with Gasteiger partial charge in [-0.3, -0.25) is 9.59 Å². The van der Waals surface area contributed by atoms with Crippen molar-refractivity contribution in [3.05, 3.63) is 24.3 Å². The molecule has 1 aromatic carbocycles. The minimum absolute atomic E-state index is 0.117. The summed E-state index contributed by atoms with van der Waals surface area (Å²) in [5.74, 6) is -0.245. The van der Waals surface area contributed by atoms with Crippen LogP contribution in [0.4, 0.5) is 5.69 Å². The zero-order chi connectivity index (χ0) is 14.4. The number of amides is 2. The summed E-state index contributed by atoms with van der Waals surface area (Å²) in [6.45, 7) is 3.51. The largest absolute Gasteiger partial charge is 0.380 e. The lowest BCUT2D eigenvalue weighted by Crippen LogP contribution is -2.35. The Morgan fingerprint density at radius 2 is 2.25 bits per heavy atom. The second-order valence-corrected chi connectivity index (χ2v) is 5.59. The minimum Gasteiger partial charge on any atom is -0.380 e. The number of nitrogens with one attached hydrogen (secondary N) is 2. The maximum atomic E-state index is 11.9. The fourth-order valence-electron chi connectivity index (χ4n) is 1.87. The van der Waals surface area contributed by atoms with Crippen LogP contribution < -0.4 is 10.6 Å². The molecule has 20 heavy (non-hydrogen) atoms. The van der Waals surface area contributed by atoms with Gasteiger partial charge in [0.05, 0.1) is 17.5 Å². The second-order valence-electron chi connectivity index (χ2n) is 4.34. The fourth-order valence-corrected chi connectivity index (χ4v) is 2.98. The molecule has 0 spiro atoms. The van der Waals surface area contributed by atoms with Crippen molar-refractivity contribution in [3.63, 3.8) is 0 Å². The number of hydrogen-bond acceptors (Lipinski definition) is 4. The van der Waals surface area contributed by atoms with Crippen molar-refractivity contribution in [2.45, 2.75) is 23.5 Å². The molecule has 1 atom stereocenters. The molecule has 0 saturated heterocycles. The Morgan fingerprint density at radius 3 is 3.05 bits per heavy atom. The number of carbonyl (C=O) groups is 2. The summed E-state index contributed by atoms with van der Waals surface area (Å²) in [5.41, 5.74) is 0.815. The van der Waals surface area contributed by atoms with E-state index in [0.29, 0.717) is 19.8 Å². The van der Waals surface area contributed by atoms with E-state index in [-0.39, 0.29) is 23.5 Å². The molecule has 2 rings (SSSR count). The van der Waals surface area contributed by atoms with Gasteiger partial charge in [-0.1, -0.05) is 12.1 Å². The number of hydrogen-bond donors (Lipinski definition) is 2. The summed E-state index contributed by atoms with van der Waals surface area (Å²) in [6.07, 6.45) is 0.178. The summed E-state index contributed by atoms with van der Waals surface area (Å²) in [6, 6.07) is 7.60. The monoisotopic (exact) mass is 294 g/mol. The summed E-state index contributed by atoms with van der Waals surface area (Å²) >= 11 is 1.43. The van der Waals surface area contributed by atoms with Crippen molar-refractivity contribution in [2.24, 2.45) is 0 Å². The van der Waals surface area contributed by atoms with Crippen LogP contribution in [0.5, 0.6) is 0 Å². The predicted molar refractivity (Wildman–Crippen MR) is 78.8 cm³/mol. The predicted octanol–water partition coefficient (Wildman–Crippen LogP) is 1.64. The minimum atomic E-state index is -0.378. The molecule has 5 nitrogen and oxygen atoms in total. The Bertz CT molecular complexity index is 493. The number of thioether (sulfide) groups is 1. The van der Waals surface area contributed by atoms with E-state index in [0.717, 1.165) is 10.6 Å². The Kier molecular flexibility index (Phi) is 5.43. The molecule has 2 N–H and O–H groups in total. The number of anilines is 1. The van der Waals surface area contributed by atoms with E-state index in [1.807, 2.05) is 31.2 Å². The molecular formula is C14H18N2O3S. The van der Waals surface area contributed by atoms with Crippen molar-refractivity contribution in [1.29, 1.82) is 0 Å². The van der Waals surface area contributed by atoms with Crippen LogP contribution >= 0.6 is 11.8 Å². The molecule has 6 heteroatoms. The highest BCUT2D eigenvalue weighted by atomic mass is 32.2. The average molecular weight is 294 g/mol. The van der Waals surface area contributed by atoms with Crippen molar-refractivity contribution in [1.82, 2.24) is 5.32 Å². The fraction of sp³-hybridized carbons (Fsp3) is 0.429. The Morgan fingerprint density at radius 1 is 1.45 bits per heavy atom. The molecule has 1 heterocycles. The van der Waals surface area contributed by atoms with E-state index < -0.39 is 0 Å². The zero-order valence-electron chi connectivity index (χ0n) is 11.3. The first-order valence-corrected chi connectivity index (χ1v) is 7.49. The topological polar surface area (TPSA) is 67.4 Å². The van der Waals surface area contributed by atoms with Gasteiger partial charge in [0, 0.05) is 24.5 Å². The summed E-state index contributed by atoms with van der Waals surface area (Å²) in [4.78, 5) is 24.7. The van der Waals surface area contributed by atoms with Gasteiger partial charge in [0.25, 0.3) is 0 Å². The molecule has 1 aromatic rings. The van der Waals surface area contributed by atoms with E-state index in [2.05, 4.69) is 10.6 Å².